The molecule has 3 aromatic rings. The normalized spacial score (nSPS) is 13.0. The van der Waals surface area contributed by atoms with E-state index in [1.807, 2.05) is 44.3 Å². The SMILES string of the molecule is Cc1noc(C)c1S(=O)(=O)NC[C@H](C)Oc1cccc(CN(C)Cc2ccoc2)c1. The van der Waals surface area contributed by atoms with E-state index < -0.39 is 10.0 Å². The standard InChI is InChI=1S/C21H27N3O5S/c1-15(11-22-30(25,26)21-16(2)23-29-17(21)3)28-20-7-5-6-18(10-20)12-24(4)13-19-8-9-27-14-19/h5-10,14-15,22H,11-13H2,1-4H3/t15-/m0/s1. The molecule has 1 aromatic carbocycles. The number of nitrogens with zero attached hydrogens (tertiary/aromatic N) is 2. The number of aryl methyl sites for hydroxylation is 2. The van der Waals surface area contributed by atoms with Crippen LogP contribution < -0.4 is 9.46 Å². The topological polar surface area (TPSA) is 97.8 Å². The first kappa shape index (κ1) is 22.1. The molecular formula is C21H27N3O5S. The summed E-state index contributed by atoms with van der Waals surface area (Å²) in [5.41, 5.74) is 2.55. The van der Waals surface area contributed by atoms with Crippen LogP contribution >= 0.6 is 0 Å². The summed E-state index contributed by atoms with van der Waals surface area (Å²) in [6, 6.07) is 9.73. The van der Waals surface area contributed by atoms with Crippen molar-refractivity contribution in [3.05, 3.63) is 65.4 Å². The lowest BCUT2D eigenvalue weighted by Crippen LogP contribution is -2.34. The Morgan fingerprint density at radius 2 is 1.97 bits per heavy atom. The first-order valence-corrected chi connectivity index (χ1v) is 11.1. The molecule has 0 fully saturated rings. The third kappa shape index (κ3) is 5.71. The van der Waals surface area contributed by atoms with E-state index in [9.17, 15) is 8.42 Å². The number of furan rings is 1. The second-order valence-electron chi connectivity index (χ2n) is 7.38. The van der Waals surface area contributed by atoms with Crippen molar-refractivity contribution in [3.8, 4) is 5.75 Å². The number of ether oxygens (including phenoxy) is 1. The Kier molecular flexibility index (Phi) is 6.96. The first-order valence-electron chi connectivity index (χ1n) is 9.62. The van der Waals surface area contributed by atoms with Crippen LogP contribution in [0.2, 0.25) is 0 Å². The van der Waals surface area contributed by atoms with Gasteiger partial charge in [-0.25, -0.2) is 13.1 Å². The maximum atomic E-state index is 12.5. The zero-order chi connectivity index (χ0) is 21.7. The zero-order valence-corrected chi connectivity index (χ0v) is 18.4. The van der Waals surface area contributed by atoms with Crippen molar-refractivity contribution >= 4 is 10.0 Å². The molecule has 0 radical (unpaired) electrons. The highest BCUT2D eigenvalue weighted by Gasteiger charge is 2.24. The van der Waals surface area contributed by atoms with Gasteiger partial charge in [0.1, 0.15) is 22.4 Å². The number of nitrogens with one attached hydrogen (secondary N) is 1. The highest BCUT2D eigenvalue weighted by molar-refractivity contribution is 7.89. The van der Waals surface area contributed by atoms with E-state index >= 15 is 0 Å². The Morgan fingerprint density at radius 1 is 1.20 bits per heavy atom. The van der Waals surface area contributed by atoms with Crippen LogP contribution in [-0.2, 0) is 23.1 Å². The third-order valence-electron chi connectivity index (χ3n) is 4.52. The van der Waals surface area contributed by atoms with Crippen LogP contribution in [0, 0.1) is 13.8 Å². The number of benzene rings is 1. The van der Waals surface area contributed by atoms with E-state index in [2.05, 4.69) is 14.8 Å². The van der Waals surface area contributed by atoms with Crippen LogP contribution in [0.3, 0.4) is 0 Å². The number of hydrogen-bond donors (Lipinski definition) is 1. The minimum Gasteiger partial charge on any atom is -0.489 e. The Morgan fingerprint density at radius 3 is 2.63 bits per heavy atom. The highest BCUT2D eigenvalue weighted by atomic mass is 32.2. The fourth-order valence-corrected chi connectivity index (χ4v) is 4.65. The second kappa shape index (κ2) is 9.46. The molecule has 3 rings (SSSR count). The summed E-state index contributed by atoms with van der Waals surface area (Å²) in [6.07, 6.45) is 3.04. The van der Waals surface area contributed by atoms with E-state index in [4.69, 9.17) is 13.7 Å². The molecule has 0 spiro atoms. The molecule has 1 N–H and O–H groups in total. The third-order valence-corrected chi connectivity index (χ3v) is 6.19. The molecule has 30 heavy (non-hydrogen) atoms. The van der Waals surface area contributed by atoms with Gasteiger partial charge in [0, 0.05) is 25.2 Å². The predicted molar refractivity (Wildman–Crippen MR) is 112 cm³/mol. The Hall–Kier alpha value is -2.62. The van der Waals surface area contributed by atoms with Gasteiger partial charge < -0.3 is 13.7 Å². The van der Waals surface area contributed by atoms with Gasteiger partial charge in [-0.05, 0) is 51.6 Å². The predicted octanol–water partition coefficient (Wildman–Crippen LogP) is 3.26. The molecule has 0 saturated carbocycles. The van der Waals surface area contributed by atoms with Crippen LogP contribution in [0.15, 0.2) is 56.7 Å². The monoisotopic (exact) mass is 433 g/mol. The minimum absolute atomic E-state index is 0.0809. The van der Waals surface area contributed by atoms with Crippen molar-refractivity contribution in [1.82, 2.24) is 14.8 Å². The molecule has 8 nitrogen and oxygen atoms in total. The van der Waals surface area contributed by atoms with Crippen LogP contribution in [0.1, 0.15) is 29.5 Å². The van der Waals surface area contributed by atoms with Crippen molar-refractivity contribution in [3.63, 3.8) is 0 Å². The van der Waals surface area contributed by atoms with E-state index in [-0.39, 0.29) is 23.3 Å². The number of sulfonamides is 1. The first-order chi connectivity index (χ1) is 14.2. The zero-order valence-electron chi connectivity index (χ0n) is 17.6. The van der Waals surface area contributed by atoms with Crippen LogP contribution in [0.4, 0.5) is 0 Å². The molecule has 2 heterocycles. The lowest BCUT2D eigenvalue weighted by molar-refractivity contribution is 0.224. The fraction of sp³-hybridized carbons (Fsp3) is 0.381. The van der Waals surface area contributed by atoms with Gasteiger partial charge >= 0.3 is 0 Å². The van der Waals surface area contributed by atoms with Gasteiger partial charge in [0.15, 0.2) is 5.76 Å². The molecule has 9 heteroatoms. The molecule has 2 aromatic heterocycles. The Bertz CT molecular complexity index is 1040. The molecular weight excluding hydrogens is 406 g/mol. The summed E-state index contributed by atoms with van der Waals surface area (Å²) >= 11 is 0. The summed E-state index contributed by atoms with van der Waals surface area (Å²) < 4.78 is 43.6. The van der Waals surface area contributed by atoms with Crippen molar-refractivity contribution in [2.45, 2.75) is 44.9 Å². The molecule has 0 unspecified atom stereocenters. The smallest absolute Gasteiger partial charge is 0.246 e. The molecule has 0 aliphatic heterocycles. The largest absolute Gasteiger partial charge is 0.489 e. The molecule has 0 aliphatic rings. The van der Waals surface area contributed by atoms with Gasteiger partial charge in [-0.1, -0.05) is 17.3 Å². The van der Waals surface area contributed by atoms with Crippen molar-refractivity contribution in [2.75, 3.05) is 13.6 Å². The van der Waals surface area contributed by atoms with Crippen LogP contribution in [0.25, 0.3) is 0 Å². The molecule has 162 valence electrons. The average molecular weight is 434 g/mol. The van der Waals surface area contributed by atoms with Crippen molar-refractivity contribution in [2.24, 2.45) is 0 Å². The summed E-state index contributed by atoms with van der Waals surface area (Å²) in [6.45, 7) is 6.63. The molecule has 0 amide bonds. The lowest BCUT2D eigenvalue weighted by Gasteiger charge is -2.18. The maximum Gasteiger partial charge on any atom is 0.246 e. The van der Waals surface area contributed by atoms with Crippen molar-refractivity contribution < 1.29 is 22.1 Å². The van der Waals surface area contributed by atoms with Gasteiger partial charge in [-0.15, -0.1) is 0 Å². The van der Waals surface area contributed by atoms with E-state index in [0.29, 0.717) is 11.4 Å². The second-order valence-corrected chi connectivity index (χ2v) is 9.09. The van der Waals surface area contributed by atoms with Crippen LogP contribution in [0.5, 0.6) is 5.75 Å². The molecule has 0 saturated heterocycles. The summed E-state index contributed by atoms with van der Waals surface area (Å²) in [7, 11) is -1.68. The van der Waals surface area contributed by atoms with Gasteiger partial charge in [0.25, 0.3) is 0 Å². The van der Waals surface area contributed by atoms with E-state index in [1.54, 1.807) is 26.4 Å². The minimum atomic E-state index is -3.72. The number of rotatable bonds is 10. The molecule has 0 aliphatic carbocycles. The Labute approximate surface area is 176 Å². The van der Waals surface area contributed by atoms with Crippen molar-refractivity contribution in [1.29, 1.82) is 0 Å². The van der Waals surface area contributed by atoms with E-state index in [0.717, 1.165) is 24.2 Å². The molecule has 1 atom stereocenters. The summed E-state index contributed by atoms with van der Waals surface area (Å²) in [5.74, 6) is 0.953. The van der Waals surface area contributed by atoms with E-state index in [1.165, 1.54) is 0 Å². The number of hydrogen-bond acceptors (Lipinski definition) is 7. The average Bonchev–Trinajstić information content (AvgIpc) is 3.30. The van der Waals surface area contributed by atoms with Gasteiger partial charge in [0.2, 0.25) is 10.0 Å². The summed E-state index contributed by atoms with van der Waals surface area (Å²) in [4.78, 5) is 2.25. The Balaban J connectivity index is 1.55. The molecule has 0 bridgehead atoms. The van der Waals surface area contributed by atoms with Gasteiger partial charge in [0.05, 0.1) is 12.5 Å². The fourth-order valence-electron chi connectivity index (χ4n) is 3.21. The van der Waals surface area contributed by atoms with Crippen LogP contribution in [-0.4, -0.2) is 38.2 Å². The highest BCUT2D eigenvalue weighted by Crippen LogP contribution is 2.20. The maximum absolute atomic E-state index is 12.5. The van der Waals surface area contributed by atoms with Gasteiger partial charge in [-0.2, -0.15) is 0 Å². The quantitative estimate of drug-likeness (QED) is 0.524. The lowest BCUT2D eigenvalue weighted by atomic mass is 10.2. The summed E-state index contributed by atoms with van der Waals surface area (Å²) in [5, 5.41) is 3.70. The van der Waals surface area contributed by atoms with Gasteiger partial charge in [-0.3, -0.25) is 4.90 Å². The number of aromatic nitrogens is 1.